The molecule has 0 aliphatic rings. The third-order valence-electron chi connectivity index (χ3n) is 2.43. The second kappa shape index (κ2) is 14.5. The first-order valence-electron chi connectivity index (χ1n) is 7.03. The average Bonchev–Trinajstić information content (AvgIpc) is 2.62. The van der Waals surface area contributed by atoms with Crippen molar-refractivity contribution in [3.05, 3.63) is 122 Å². The van der Waals surface area contributed by atoms with Crippen LogP contribution in [0.4, 0.5) is 0 Å². The summed E-state index contributed by atoms with van der Waals surface area (Å²) in [6, 6.07) is 20.2. The Balaban J connectivity index is 0.000000330. The van der Waals surface area contributed by atoms with E-state index in [2.05, 4.69) is 38.4 Å². The maximum atomic E-state index is 3.63. The highest BCUT2D eigenvalue weighted by Gasteiger charge is 1.78. The number of rotatable bonds is 4. The summed E-state index contributed by atoms with van der Waals surface area (Å²) in [5.74, 6) is 0. The van der Waals surface area contributed by atoms with Crippen molar-refractivity contribution < 1.29 is 0 Å². The minimum absolute atomic E-state index is 1.17. The van der Waals surface area contributed by atoms with E-state index in [1.54, 1.807) is 18.2 Å². The van der Waals surface area contributed by atoms with Gasteiger partial charge < -0.3 is 0 Å². The molecule has 22 heavy (non-hydrogen) atoms. The molecule has 0 aliphatic carbocycles. The van der Waals surface area contributed by atoms with Gasteiger partial charge in [-0.05, 0) is 11.1 Å². The molecule has 0 nitrogen and oxygen atoms in total. The molecule has 0 N–H and O–H groups in total. The molecule has 0 heteroatoms. The van der Waals surface area contributed by atoms with Gasteiger partial charge in [-0.3, -0.25) is 0 Å². The number of benzene rings is 2. The van der Waals surface area contributed by atoms with E-state index in [4.69, 9.17) is 0 Å². The zero-order valence-electron chi connectivity index (χ0n) is 13.1. The molecule has 0 amide bonds. The smallest absolute Gasteiger partial charge is 0.0257 e. The first kappa shape index (κ1) is 19.1. The molecule has 0 atom stereocenters. The van der Waals surface area contributed by atoms with E-state index in [9.17, 15) is 0 Å². The standard InChI is InChI=1S/C10H10.C8H8.C4H6/c1-2-3-7-10-8-5-4-6-9-10;1-2-8-6-4-3-5-7-8;1-3-4-2/h2-9H,1H2;2-7H,1H2;3-4H,1-2H2. The predicted molar refractivity (Wildman–Crippen MR) is 103 cm³/mol. The lowest BCUT2D eigenvalue weighted by atomic mass is 10.2. The van der Waals surface area contributed by atoms with Crippen molar-refractivity contribution in [2.24, 2.45) is 0 Å². The Hall–Kier alpha value is -2.86. The van der Waals surface area contributed by atoms with Crippen LogP contribution in [0.3, 0.4) is 0 Å². The van der Waals surface area contributed by atoms with E-state index in [0.717, 1.165) is 0 Å². The molecular formula is C22H24. The summed E-state index contributed by atoms with van der Waals surface area (Å²) >= 11 is 0. The molecule has 0 aliphatic heterocycles. The fraction of sp³-hybridized carbons (Fsp3) is 0. The second-order valence-electron chi connectivity index (χ2n) is 4.09. The maximum Gasteiger partial charge on any atom is -0.0257 e. The molecular weight excluding hydrogens is 264 g/mol. The first-order valence-corrected chi connectivity index (χ1v) is 7.03. The maximum absolute atomic E-state index is 3.63. The SMILES string of the molecule is C=CC=C.C=CC=Cc1ccccc1.C=Cc1ccccc1. The van der Waals surface area contributed by atoms with E-state index in [1.165, 1.54) is 11.1 Å². The fourth-order valence-corrected chi connectivity index (χ4v) is 1.33. The Labute approximate surface area is 135 Å². The van der Waals surface area contributed by atoms with Gasteiger partial charge in [-0.15, -0.1) is 0 Å². The van der Waals surface area contributed by atoms with Gasteiger partial charge in [0.15, 0.2) is 0 Å². The molecule has 0 spiro atoms. The molecule has 2 aromatic rings. The summed E-state index contributed by atoms with van der Waals surface area (Å²) in [7, 11) is 0. The van der Waals surface area contributed by atoms with Crippen LogP contribution in [0.15, 0.2) is 111 Å². The highest BCUT2D eigenvalue weighted by atomic mass is 13.8. The van der Waals surface area contributed by atoms with Gasteiger partial charge in [0.2, 0.25) is 0 Å². The molecule has 0 heterocycles. The van der Waals surface area contributed by atoms with Crippen LogP contribution < -0.4 is 0 Å². The fourth-order valence-electron chi connectivity index (χ4n) is 1.33. The number of allylic oxidation sites excluding steroid dienone is 4. The topological polar surface area (TPSA) is 0 Å². The van der Waals surface area contributed by atoms with Gasteiger partial charge in [-0.25, -0.2) is 0 Å². The Kier molecular flexibility index (Phi) is 12.7. The monoisotopic (exact) mass is 288 g/mol. The van der Waals surface area contributed by atoms with Gasteiger partial charge in [-0.1, -0.05) is 123 Å². The third kappa shape index (κ3) is 11.0. The largest absolute Gasteiger partial charge is 0.0991 e. The summed E-state index contributed by atoms with van der Waals surface area (Å²) in [5.41, 5.74) is 2.38. The Bertz CT molecular complexity index is 554. The van der Waals surface area contributed by atoms with Crippen molar-refractivity contribution in [1.82, 2.24) is 0 Å². The Morgan fingerprint density at radius 1 is 0.545 bits per heavy atom. The van der Waals surface area contributed by atoms with Crippen LogP contribution in [0.25, 0.3) is 12.2 Å². The lowest BCUT2D eigenvalue weighted by molar-refractivity contribution is 1.66. The first-order chi connectivity index (χ1) is 10.8. The van der Waals surface area contributed by atoms with Gasteiger partial charge >= 0.3 is 0 Å². The highest BCUT2D eigenvalue weighted by molar-refractivity contribution is 5.50. The average molecular weight is 288 g/mol. The predicted octanol–water partition coefficient (Wildman–Crippen LogP) is 6.57. The zero-order valence-corrected chi connectivity index (χ0v) is 13.1. The molecule has 0 bridgehead atoms. The summed E-state index contributed by atoms with van der Waals surface area (Å²) < 4.78 is 0. The Morgan fingerprint density at radius 3 is 1.32 bits per heavy atom. The molecule has 2 aromatic carbocycles. The van der Waals surface area contributed by atoms with Crippen LogP contribution in [0.5, 0.6) is 0 Å². The van der Waals surface area contributed by atoms with Crippen LogP contribution in [0.2, 0.25) is 0 Å². The summed E-state index contributed by atoms with van der Waals surface area (Å²) in [6.45, 7) is 13.9. The summed E-state index contributed by atoms with van der Waals surface area (Å²) in [4.78, 5) is 0. The zero-order chi connectivity index (χ0) is 16.5. The van der Waals surface area contributed by atoms with Crippen LogP contribution in [-0.2, 0) is 0 Å². The van der Waals surface area contributed by atoms with Crippen molar-refractivity contribution in [2.75, 3.05) is 0 Å². The molecule has 0 saturated carbocycles. The van der Waals surface area contributed by atoms with Crippen LogP contribution in [0.1, 0.15) is 11.1 Å². The number of hydrogen-bond acceptors (Lipinski definition) is 0. The van der Waals surface area contributed by atoms with Gasteiger partial charge in [0.1, 0.15) is 0 Å². The van der Waals surface area contributed by atoms with Crippen LogP contribution in [0, 0.1) is 0 Å². The van der Waals surface area contributed by atoms with Crippen molar-refractivity contribution in [2.45, 2.75) is 0 Å². The van der Waals surface area contributed by atoms with Gasteiger partial charge in [-0.2, -0.15) is 0 Å². The summed E-state index contributed by atoms with van der Waals surface area (Å²) in [5, 5.41) is 0. The van der Waals surface area contributed by atoms with E-state index in [1.807, 2.05) is 66.8 Å². The minimum Gasteiger partial charge on any atom is -0.0991 e. The molecule has 0 aromatic heterocycles. The number of hydrogen-bond donors (Lipinski definition) is 0. The normalized spacial score (nSPS) is 8.55. The van der Waals surface area contributed by atoms with Gasteiger partial charge in [0, 0.05) is 0 Å². The van der Waals surface area contributed by atoms with Crippen LogP contribution >= 0.6 is 0 Å². The highest BCUT2D eigenvalue weighted by Crippen LogP contribution is 2.00. The van der Waals surface area contributed by atoms with Crippen molar-refractivity contribution >= 4 is 12.2 Å². The Morgan fingerprint density at radius 2 is 1.00 bits per heavy atom. The van der Waals surface area contributed by atoms with Gasteiger partial charge in [0.25, 0.3) is 0 Å². The molecule has 0 saturated heterocycles. The second-order valence-corrected chi connectivity index (χ2v) is 4.09. The summed E-state index contributed by atoms with van der Waals surface area (Å²) in [6.07, 6.45) is 10.8. The molecule has 0 unspecified atom stereocenters. The lowest BCUT2D eigenvalue weighted by Crippen LogP contribution is -1.65. The van der Waals surface area contributed by atoms with E-state index >= 15 is 0 Å². The molecule has 0 radical (unpaired) electrons. The van der Waals surface area contributed by atoms with Crippen molar-refractivity contribution in [1.29, 1.82) is 0 Å². The molecule has 112 valence electrons. The van der Waals surface area contributed by atoms with Crippen LogP contribution in [-0.4, -0.2) is 0 Å². The quantitative estimate of drug-likeness (QED) is 0.558. The van der Waals surface area contributed by atoms with Crippen molar-refractivity contribution in [3.63, 3.8) is 0 Å². The lowest BCUT2D eigenvalue weighted by Gasteiger charge is -1.87. The molecule has 0 fully saturated rings. The third-order valence-corrected chi connectivity index (χ3v) is 2.43. The van der Waals surface area contributed by atoms with Gasteiger partial charge in [0.05, 0.1) is 0 Å². The van der Waals surface area contributed by atoms with E-state index in [-0.39, 0.29) is 0 Å². The molecule has 2 rings (SSSR count). The van der Waals surface area contributed by atoms with Crippen molar-refractivity contribution in [3.8, 4) is 0 Å². The minimum atomic E-state index is 1.17. The van der Waals surface area contributed by atoms with E-state index in [0.29, 0.717) is 0 Å². The van der Waals surface area contributed by atoms with E-state index < -0.39 is 0 Å².